The molecule has 16 heteroatoms. The summed E-state index contributed by atoms with van der Waals surface area (Å²) in [4.78, 5) is 39.5. The molecule has 0 radical (unpaired) electrons. The van der Waals surface area contributed by atoms with Crippen molar-refractivity contribution in [2.24, 2.45) is 11.8 Å². The summed E-state index contributed by atoms with van der Waals surface area (Å²) in [5.41, 5.74) is -1.47. The standard InChI is InChI=1S/C44H77NO14Si/c1-15-33(48)56-41-29(5)54-35(25-44(41,9)51)57-38-28(4)55-42(37(50)36(38)45(10)11)58-39-30(21-22-46)23-26(2)32(59-60(13,14)43(6,7)8)20-18-16-17-19-27(3)53-34(49)24-31(47)40(39)52-12/h16-18,20,22,26-32,35-42,47,50-51H,15,19,21,23-25H2,1-14H3/b17-16+,20-18+/t26-,27-,28-,29+,30+,31-,32+,35+,36-,37-,38-,39+,40+,41+,42+,44-/m1/s1. The maximum atomic E-state index is 13.1. The molecule has 15 nitrogen and oxygen atoms in total. The molecular weight excluding hydrogens is 795 g/mol. The fourth-order valence-electron chi connectivity index (χ4n) is 8.14. The number of rotatable bonds is 12. The first kappa shape index (κ1) is 52.3. The summed E-state index contributed by atoms with van der Waals surface area (Å²) >= 11 is 0. The Kier molecular flexibility index (Phi) is 19.6. The minimum absolute atomic E-state index is 0.00635. The molecule has 0 spiro atoms. The van der Waals surface area contributed by atoms with Crippen LogP contribution in [0.4, 0.5) is 0 Å². The third kappa shape index (κ3) is 14.0. The van der Waals surface area contributed by atoms with Gasteiger partial charge in [-0.15, -0.1) is 0 Å². The highest BCUT2D eigenvalue weighted by molar-refractivity contribution is 6.74. The number of carbonyl (C=O) groups excluding carboxylic acids is 3. The SMILES string of the molecule is CCC(=O)O[C@H]1[C@H](C)O[C@@H](O[C@H]2[C@H](N(C)C)[C@@H](O)[C@H](O[C@H]3[C@@H](CC=O)C[C@@H](C)[C@@H](O[Si](C)(C)C(C)(C)C)/C=C/C=C/C[C@@H](C)OC(=O)C[C@@H](O)[C@@H]3OC)O[C@@H]2C)C[C@@]1(C)O. The molecule has 0 aromatic heterocycles. The number of esters is 2. The van der Waals surface area contributed by atoms with Crippen LogP contribution in [0.5, 0.6) is 0 Å². The Bertz CT molecular complexity index is 1430. The molecular formula is C44H77NO14Si. The van der Waals surface area contributed by atoms with E-state index >= 15 is 0 Å². The first-order chi connectivity index (χ1) is 27.9. The molecule has 0 aromatic rings. The Morgan fingerprint density at radius 2 is 1.70 bits per heavy atom. The van der Waals surface area contributed by atoms with Gasteiger partial charge in [0, 0.05) is 32.8 Å². The highest BCUT2D eigenvalue weighted by Crippen LogP contribution is 2.41. The summed E-state index contributed by atoms with van der Waals surface area (Å²) in [5.74, 6) is -1.84. The van der Waals surface area contributed by atoms with Gasteiger partial charge >= 0.3 is 11.9 Å². The van der Waals surface area contributed by atoms with Gasteiger partial charge in [0.1, 0.15) is 36.3 Å². The summed E-state index contributed by atoms with van der Waals surface area (Å²) in [6, 6.07) is -0.740. The van der Waals surface area contributed by atoms with E-state index in [4.69, 9.17) is 37.6 Å². The van der Waals surface area contributed by atoms with Crippen LogP contribution < -0.4 is 0 Å². The minimum atomic E-state index is -2.29. The minimum Gasteiger partial charge on any atom is -0.462 e. The van der Waals surface area contributed by atoms with Gasteiger partial charge in [-0.05, 0) is 78.2 Å². The number of allylic oxidation sites excluding steroid dienone is 2. The molecule has 3 aliphatic heterocycles. The Morgan fingerprint density at radius 1 is 1.03 bits per heavy atom. The van der Waals surface area contributed by atoms with Crippen LogP contribution in [-0.4, -0.2) is 153 Å². The van der Waals surface area contributed by atoms with Crippen LogP contribution in [0.3, 0.4) is 0 Å². The van der Waals surface area contributed by atoms with Crippen molar-refractivity contribution in [3.63, 3.8) is 0 Å². The predicted molar refractivity (Wildman–Crippen MR) is 227 cm³/mol. The molecule has 0 aromatic carbocycles. The van der Waals surface area contributed by atoms with Gasteiger partial charge in [0.15, 0.2) is 27.0 Å². The monoisotopic (exact) mass is 872 g/mol. The van der Waals surface area contributed by atoms with Crippen LogP contribution in [0, 0.1) is 11.8 Å². The number of aliphatic hydroxyl groups is 3. The molecule has 0 unspecified atom stereocenters. The quantitative estimate of drug-likeness (QED) is 0.137. The zero-order valence-corrected chi connectivity index (χ0v) is 39.6. The maximum absolute atomic E-state index is 13.1. The number of likely N-dealkylation sites (N-methyl/N-ethyl adjacent to an activating group) is 1. The molecule has 0 amide bonds. The number of hydrogen-bond acceptors (Lipinski definition) is 15. The maximum Gasteiger partial charge on any atom is 0.308 e. The highest BCUT2D eigenvalue weighted by Gasteiger charge is 2.53. The van der Waals surface area contributed by atoms with Gasteiger partial charge < -0.3 is 62.6 Å². The third-order valence-electron chi connectivity index (χ3n) is 12.5. The average molecular weight is 872 g/mol. The number of hydrogen-bond donors (Lipinski definition) is 3. The van der Waals surface area contributed by atoms with E-state index in [0.717, 1.165) is 6.29 Å². The van der Waals surface area contributed by atoms with E-state index in [2.05, 4.69) is 40.8 Å². The molecule has 60 heavy (non-hydrogen) atoms. The van der Waals surface area contributed by atoms with Crippen molar-refractivity contribution in [3.8, 4) is 0 Å². The van der Waals surface area contributed by atoms with E-state index in [0.29, 0.717) is 12.8 Å². The number of nitrogens with zero attached hydrogens (tertiary/aromatic N) is 1. The van der Waals surface area contributed by atoms with Gasteiger partial charge in [-0.2, -0.15) is 0 Å². The lowest BCUT2D eigenvalue weighted by molar-refractivity contribution is -0.344. The van der Waals surface area contributed by atoms with E-state index in [1.165, 1.54) is 7.11 Å². The van der Waals surface area contributed by atoms with Crippen molar-refractivity contribution < 1.29 is 67.3 Å². The van der Waals surface area contributed by atoms with E-state index in [9.17, 15) is 29.7 Å². The summed E-state index contributed by atoms with van der Waals surface area (Å²) in [5, 5.41) is 35.1. The zero-order chi connectivity index (χ0) is 45.3. The van der Waals surface area contributed by atoms with Gasteiger partial charge in [-0.1, -0.05) is 58.9 Å². The van der Waals surface area contributed by atoms with Crippen molar-refractivity contribution in [3.05, 3.63) is 24.3 Å². The Morgan fingerprint density at radius 3 is 2.27 bits per heavy atom. The Balaban J connectivity index is 2.02. The molecule has 2 fully saturated rings. The molecule has 346 valence electrons. The molecule has 3 N–H and O–H groups in total. The van der Waals surface area contributed by atoms with Gasteiger partial charge in [0.25, 0.3) is 0 Å². The largest absolute Gasteiger partial charge is 0.462 e. The average Bonchev–Trinajstić information content (AvgIpc) is 3.12. The van der Waals surface area contributed by atoms with Crippen LogP contribution in [0.2, 0.25) is 18.1 Å². The highest BCUT2D eigenvalue weighted by atomic mass is 28.4. The molecule has 2 saturated heterocycles. The number of aldehydes is 1. The molecule has 0 aliphatic carbocycles. The van der Waals surface area contributed by atoms with Crippen molar-refractivity contribution in [2.75, 3.05) is 21.2 Å². The van der Waals surface area contributed by atoms with Crippen LogP contribution in [0.15, 0.2) is 24.3 Å². The fraction of sp³-hybridized carbons (Fsp3) is 0.841. The normalized spacial score (nSPS) is 40.4. The van der Waals surface area contributed by atoms with Crippen molar-refractivity contribution in [2.45, 2.75) is 204 Å². The molecule has 16 atom stereocenters. The second-order valence-corrected chi connectivity index (χ2v) is 23.7. The number of cyclic esters (lactones) is 1. The van der Waals surface area contributed by atoms with E-state index in [1.54, 1.807) is 53.6 Å². The zero-order valence-electron chi connectivity index (χ0n) is 38.6. The van der Waals surface area contributed by atoms with Crippen LogP contribution in [0.25, 0.3) is 0 Å². The fourth-order valence-corrected chi connectivity index (χ4v) is 9.49. The molecule has 3 rings (SSSR count). The first-order valence-corrected chi connectivity index (χ1v) is 24.5. The second-order valence-electron chi connectivity index (χ2n) is 19.0. The first-order valence-electron chi connectivity index (χ1n) is 21.6. The predicted octanol–water partition coefficient (Wildman–Crippen LogP) is 4.84. The van der Waals surface area contributed by atoms with Crippen LogP contribution in [0.1, 0.15) is 101 Å². The smallest absolute Gasteiger partial charge is 0.308 e. The lowest BCUT2D eigenvalue weighted by Crippen LogP contribution is -2.66. The lowest BCUT2D eigenvalue weighted by atomic mass is 9.82. The van der Waals surface area contributed by atoms with E-state index < -0.39 is 112 Å². The summed E-state index contributed by atoms with van der Waals surface area (Å²) in [6.45, 7) is 21.5. The van der Waals surface area contributed by atoms with Crippen molar-refractivity contribution in [1.82, 2.24) is 4.90 Å². The van der Waals surface area contributed by atoms with Gasteiger partial charge in [0.05, 0.1) is 43.0 Å². The lowest BCUT2D eigenvalue weighted by Gasteiger charge is -2.50. The number of methoxy groups -OCH3 is 1. The summed E-state index contributed by atoms with van der Waals surface area (Å²) in [6.07, 6.45) is -2.01. The molecule has 3 heterocycles. The summed E-state index contributed by atoms with van der Waals surface area (Å²) < 4.78 is 49.9. The van der Waals surface area contributed by atoms with Gasteiger partial charge in [-0.3, -0.25) is 9.59 Å². The van der Waals surface area contributed by atoms with Gasteiger partial charge in [-0.25, -0.2) is 0 Å². The van der Waals surface area contributed by atoms with E-state index in [1.807, 2.05) is 24.3 Å². The molecule has 3 aliphatic rings. The topological polar surface area (TPSA) is 189 Å². The Labute approximate surface area is 359 Å². The van der Waals surface area contributed by atoms with Crippen LogP contribution >= 0.6 is 0 Å². The third-order valence-corrected chi connectivity index (χ3v) is 17.0. The van der Waals surface area contributed by atoms with Crippen LogP contribution in [-0.2, 0) is 52.0 Å². The van der Waals surface area contributed by atoms with E-state index in [-0.39, 0.29) is 36.3 Å². The number of aliphatic hydroxyl groups excluding tert-OH is 2. The Hall–Kier alpha value is -2.09. The number of carbonyl (C=O) groups is 3. The molecule has 0 bridgehead atoms. The van der Waals surface area contributed by atoms with Gasteiger partial charge in [0.2, 0.25) is 0 Å². The summed E-state index contributed by atoms with van der Waals surface area (Å²) in [7, 11) is 2.67. The van der Waals surface area contributed by atoms with Crippen molar-refractivity contribution in [1.29, 1.82) is 0 Å². The second kappa shape index (κ2) is 22.5. The van der Waals surface area contributed by atoms with Crippen molar-refractivity contribution >= 4 is 26.5 Å². The molecule has 0 saturated carbocycles. The number of ether oxygens (including phenoxy) is 7.